The van der Waals surface area contributed by atoms with Crippen LogP contribution in [0.25, 0.3) is 0 Å². The number of benzene rings is 1. The van der Waals surface area contributed by atoms with Gasteiger partial charge in [-0.1, -0.05) is 58.0 Å². The van der Waals surface area contributed by atoms with E-state index in [0.29, 0.717) is 6.54 Å². The number of hydrogen-bond donors (Lipinski definition) is 1. The Morgan fingerprint density at radius 3 is 2.24 bits per heavy atom. The Morgan fingerprint density at radius 1 is 1.03 bits per heavy atom. The molecule has 1 saturated heterocycles. The SMILES string of the molecule is CC.CC.CC(C)(C)OC(=O)N1CCCC1.O=c1[nH]cnc2c1CN(Cc1ccccc1)CC2. The molecule has 1 aromatic heterocycles. The lowest BCUT2D eigenvalue weighted by Crippen LogP contribution is -2.34. The Morgan fingerprint density at radius 2 is 1.65 bits per heavy atom. The highest BCUT2D eigenvalue weighted by molar-refractivity contribution is 5.68. The first-order chi connectivity index (χ1) is 16.3. The first-order valence-corrected chi connectivity index (χ1v) is 12.6. The second kappa shape index (κ2) is 15.3. The summed E-state index contributed by atoms with van der Waals surface area (Å²) in [5.41, 5.74) is 2.68. The first-order valence-electron chi connectivity index (χ1n) is 12.6. The lowest BCUT2D eigenvalue weighted by Gasteiger charge is -2.27. The van der Waals surface area contributed by atoms with Crippen LogP contribution < -0.4 is 5.56 Å². The van der Waals surface area contributed by atoms with E-state index < -0.39 is 0 Å². The highest BCUT2D eigenvalue weighted by Gasteiger charge is 2.24. The molecule has 0 unspecified atom stereocenters. The summed E-state index contributed by atoms with van der Waals surface area (Å²) in [7, 11) is 0. The zero-order valence-corrected chi connectivity index (χ0v) is 22.2. The molecule has 0 radical (unpaired) electrons. The van der Waals surface area contributed by atoms with Crippen LogP contribution in [0.5, 0.6) is 0 Å². The molecule has 0 aliphatic carbocycles. The number of fused-ring (bicyclic) bond motifs is 1. The van der Waals surface area contributed by atoms with E-state index in [1.54, 1.807) is 4.90 Å². The molecule has 1 N–H and O–H groups in total. The minimum atomic E-state index is -0.361. The van der Waals surface area contributed by atoms with E-state index in [2.05, 4.69) is 27.0 Å². The molecule has 7 heteroatoms. The quantitative estimate of drug-likeness (QED) is 0.633. The van der Waals surface area contributed by atoms with Crippen molar-refractivity contribution in [3.8, 4) is 0 Å². The lowest BCUT2D eigenvalue weighted by molar-refractivity contribution is 0.0295. The maximum absolute atomic E-state index is 11.7. The Hall–Kier alpha value is -2.67. The number of nitrogens with one attached hydrogen (secondary N) is 1. The van der Waals surface area contributed by atoms with Gasteiger partial charge in [0.2, 0.25) is 0 Å². The lowest BCUT2D eigenvalue weighted by atomic mass is 10.1. The summed E-state index contributed by atoms with van der Waals surface area (Å²) in [6, 6.07) is 10.3. The molecule has 0 spiro atoms. The number of carbonyl (C=O) groups is 1. The zero-order valence-electron chi connectivity index (χ0n) is 22.2. The Bertz CT molecular complexity index is 885. The molecule has 0 atom stereocenters. The highest BCUT2D eigenvalue weighted by Crippen LogP contribution is 2.16. The maximum Gasteiger partial charge on any atom is 0.410 e. The van der Waals surface area contributed by atoms with Crippen LogP contribution >= 0.6 is 0 Å². The number of carbonyl (C=O) groups excluding carboxylic acids is 1. The topological polar surface area (TPSA) is 78.5 Å². The molecule has 4 rings (SSSR count). The van der Waals surface area contributed by atoms with E-state index in [9.17, 15) is 9.59 Å². The molecule has 1 aromatic carbocycles. The molecule has 1 fully saturated rings. The summed E-state index contributed by atoms with van der Waals surface area (Å²) in [5.74, 6) is 0. The van der Waals surface area contributed by atoms with Gasteiger partial charge in [-0.2, -0.15) is 0 Å². The number of amides is 1. The Balaban J connectivity index is 0.000000316. The number of nitrogens with zero attached hydrogens (tertiary/aromatic N) is 3. The average molecular weight is 473 g/mol. The van der Waals surface area contributed by atoms with Crippen LogP contribution in [0, 0.1) is 0 Å². The molecule has 190 valence electrons. The minimum Gasteiger partial charge on any atom is -0.444 e. The standard InChI is InChI=1S/C14H15N3O.C9H17NO2.2C2H6/c18-14-12-9-17(7-6-13(12)15-10-16-14)8-11-4-2-1-3-5-11;1-9(2,3)12-8(11)10-6-4-5-7-10;2*1-2/h1-5,10H,6-9H2,(H,15,16,18);4-7H2,1-3H3;2*1-2H3. The van der Waals surface area contributed by atoms with E-state index in [0.717, 1.165) is 56.7 Å². The third-order valence-corrected chi connectivity index (χ3v) is 5.09. The number of likely N-dealkylation sites (tertiary alicyclic amines) is 1. The van der Waals surface area contributed by atoms with E-state index in [4.69, 9.17) is 4.74 Å². The van der Waals surface area contributed by atoms with Crippen LogP contribution in [0.3, 0.4) is 0 Å². The van der Waals surface area contributed by atoms with Crippen molar-refractivity contribution < 1.29 is 9.53 Å². The van der Waals surface area contributed by atoms with E-state index in [1.165, 1.54) is 11.9 Å². The fourth-order valence-electron chi connectivity index (χ4n) is 3.61. The minimum absolute atomic E-state index is 0.00207. The van der Waals surface area contributed by atoms with Gasteiger partial charge in [0.25, 0.3) is 5.56 Å². The van der Waals surface area contributed by atoms with Gasteiger partial charge in [0.05, 0.1) is 17.6 Å². The first kappa shape index (κ1) is 29.4. The zero-order chi connectivity index (χ0) is 25.6. The van der Waals surface area contributed by atoms with Crippen molar-refractivity contribution in [1.82, 2.24) is 19.8 Å². The van der Waals surface area contributed by atoms with Crippen LogP contribution in [0.15, 0.2) is 41.5 Å². The number of rotatable bonds is 2. The summed E-state index contributed by atoms with van der Waals surface area (Å²) in [6.07, 6.45) is 4.40. The largest absolute Gasteiger partial charge is 0.444 e. The summed E-state index contributed by atoms with van der Waals surface area (Å²) in [4.78, 5) is 34.0. The van der Waals surface area contributed by atoms with Crippen molar-refractivity contribution in [2.75, 3.05) is 19.6 Å². The van der Waals surface area contributed by atoms with Gasteiger partial charge in [-0.3, -0.25) is 9.69 Å². The normalized spacial score (nSPS) is 14.9. The molecule has 0 saturated carbocycles. The van der Waals surface area contributed by atoms with Crippen LogP contribution in [-0.2, 0) is 24.2 Å². The van der Waals surface area contributed by atoms with Crippen molar-refractivity contribution in [2.45, 2.75) is 86.4 Å². The van der Waals surface area contributed by atoms with Gasteiger partial charge in [0, 0.05) is 39.1 Å². The third kappa shape index (κ3) is 10.1. The van der Waals surface area contributed by atoms with Crippen LogP contribution in [0.1, 0.15) is 78.1 Å². The van der Waals surface area contributed by atoms with Crippen molar-refractivity contribution in [1.29, 1.82) is 0 Å². The molecule has 3 heterocycles. The van der Waals surface area contributed by atoms with Crippen molar-refractivity contribution in [3.05, 3.63) is 63.8 Å². The van der Waals surface area contributed by atoms with E-state index >= 15 is 0 Å². The van der Waals surface area contributed by atoms with Gasteiger partial charge in [-0.15, -0.1) is 0 Å². The van der Waals surface area contributed by atoms with Gasteiger partial charge in [0.15, 0.2) is 0 Å². The Labute approximate surface area is 205 Å². The monoisotopic (exact) mass is 472 g/mol. The third-order valence-electron chi connectivity index (χ3n) is 5.09. The molecule has 2 aliphatic rings. The average Bonchev–Trinajstić information content (AvgIpc) is 3.38. The number of aromatic amines is 1. The molecule has 0 bridgehead atoms. The van der Waals surface area contributed by atoms with Crippen molar-refractivity contribution >= 4 is 6.09 Å². The molecule has 1 amide bonds. The molecule has 34 heavy (non-hydrogen) atoms. The second-order valence-electron chi connectivity index (χ2n) is 8.78. The predicted molar refractivity (Wildman–Crippen MR) is 139 cm³/mol. The molecule has 7 nitrogen and oxygen atoms in total. The molecular weight excluding hydrogens is 428 g/mol. The highest BCUT2D eigenvalue weighted by atomic mass is 16.6. The summed E-state index contributed by atoms with van der Waals surface area (Å²) < 4.78 is 5.21. The van der Waals surface area contributed by atoms with Crippen LogP contribution in [0.2, 0.25) is 0 Å². The van der Waals surface area contributed by atoms with Crippen molar-refractivity contribution in [2.24, 2.45) is 0 Å². The van der Waals surface area contributed by atoms with Crippen LogP contribution in [0.4, 0.5) is 4.79 Å². The second-order valence-corrected chi connectivity index (χ2v) is 8.78. The molecular formula is C27H44N4O3. The molecule has 2 aliphatic heterocycles. The number of H-pyrrole nitrogens is 1. The van der Waals surface area contributed by atoms with E-state index in [1.807, 2.05) is 66.7 Å². The summed E-state index contributed by atoms with van der Waals surface area (Å²) in [5, 5.41) is 0. The molecule has 2 aromatic rings. The van der Waals surface area contributed by atoms with Gasteiger partial charge in [-0.25, -0.2) is 9.78 Å². The number of ether oxygens (including phenoxy) is 1. The maximum atomic E-state index is 11.7. The van der Waals surface area contributed by atoms with Crippen molar-refractivity contribution in [3.63, 3.8) is 0 Å². The fraction of sp³-hybridized carbons (Fsp3) is 0.593. The Kier molecular flexibility index (Phi) is 13.2. The van der Waals surface area contributed by atoms with E-state index in [-0.39, 0.29) is 17.3 Å². The van der Waals surface area contributed by atoms with Gasteiger partial charge >= 0.3 is 6.09 Å². The van der Waals surface area contributed by atoms with Gasteiger partial charge < -0.3 is 14.6 Å². The predicted octanol–water partition coefficient (Wildman–Crippen LogP) is 5.40. The fourth-order valence-corrected chi connectivity index (χ4v) is 3.61. The summed E-state index contributed by atoms with van der Waals surface area (Å²) >= 11 is 0. The number of hydrogen-bond acceptors (Lipinski definition) is 5. The van der Waals surface area contributed by atoms with Gasteiger partial charge in [-0.05, 0) is 39.2 Å². The number of aromatic nitrogens is 2. The summed E-state index contributed by atoms with van der Waals surface area (Å²) in [6.45, 7) is 17.9. The van der Waals surface area contributed by atoms with Gasteiger partial charge in [0.1, 0.15) is 5.60 Å². The smallest absolute Gasteiger partial charge is 0.410 e. The van der Waals surface area contributed by atoms with Crippen LogP contribution in [-0.4, -0.2) is 51.1 Å².